The third-order valence-electron chi connectivity index (χ3n) is 5.06. The molecule has 3 aromatic rings. The average Bonchev–Trinajstić information content (AvgIpc) is 2.99. The highest BCUT2D eigenvalue weighted by Gasteiger charge is 2.23. The van der Waals surface area contributed by atoms with Crippen LogP contribution in [-0.4, -0.2) is 50.9 Å². The van der Waals surface area contributed by atoms with E-state index in [-0.39, 0.29) is 11.1 Å². The quantitative estimate of drug-likeness (QED) is 0.709. The van der Waals surface area contributed by atoms with E-state index >= 15 is 0 Å². The number of rotatable bonds is 2. The second-order valence-electron chi connectivity index (χ2n) is 8.17. The summed E-state index contributed by atoms with van der Waals surface area (Å²) < 4.78 is 1.79. The second kappa shape index (κ2) is 7.20. The van der Waals surface area contributed by atoms with Crippen molar-refractivity contribution in [2.75, 3.05) is 36.0 Å². The molecule has 1 aliphatic heterocycles. The number of H-pyrrole nitrogens is 1. The minimum Gasteiger partial charge on any atom is -0.354 e. The molecule has 1 aliphatic rings. The third kappa shape index (κ3) is 3.53. The first-order valence-electron chi connectivity index (χ1n) is 9.72. The number of nitriles is 1. The van der Waals surface area contributed by atoms with Gasteiger partial charge in [-0.1, -0.05) is 0 Å². The lowest BCUT2D eigenvalue weighted by atomic mass is 10.1. The molecule has 9 heteroatoms. The fourth-order valence-electron chi connectivity index (χ4n) is 3.62. The maximum absolute atomic E-state index is 12.6. The Hall–Kier alpha value is -3.41. The summed E-state index contributed by atoms with van der Waals surface area (Å²) in [5, 5.41) is 14.2. The van der Waals surface area contributed by atoms with Gasteiger partial charge in [-0.05, 0) is 39.3 Å². The van der Waals surface area contributed by atoms with Crippen LogP contribution in [0.4, 0.5) is 11.8 Å². The molecular formula is C20H24N8O. The van der Waals surface area contributed by atoms with E-state index in [1.807, 2.05) is 20.8 Å². The Kier molecular flexibility index (Phi) is 4.70. The lowest BCUT2D eigenvalue weighted by molar-refractivity contribution is 0.366. The van der Waals surface area contributed by atoms with Crippen LogP contribution in [0, 0.1) is 11.3 Å². The van der Waals surface area contributed by atoms with Crippen molar-refractivity contribution in [1.29, 1.82) is 5.26 Å². The number of fused-ring (bicyclic) bond motifs is 1. The molecule has 1 N–H and O–H groups in total. The first-order chi connectivity index (χ1) is 13.9. The van der Waals surface area contributed by atoms with Crippen LogP contribution in [0.15, 0.2) is 29.3 Å². The topological polar surface area (TPSA) is 107 Å². The first kappa shape index (κ1) is 18.9. The Morgan fingerprint density at radius 1 is 1.17 bits per heavy atom. The molecule has 0 aliphatic carbocycles. The molecule has 9 nitrogen and oxygen atoms in total. The van der Waals surface area contributed by atoms with Gasteiger partial charge in [-0.2, -0.15) is 15.3 Å². The van der Waals surface area contributed by atoms with E-state index in [0.29, 0.717) is 41.5 Å². The summed E-state index contributed by atoms with van der Waals surface area (Å²) in [5.74, 6) is 1.26. The maximum Gasteiger partial charge on any atom is 0.263 e. The number of aromatic nitrogens is 5. The van der Waals surface area contributed by atoms with Gasteiger partial charge in [0.05, 0.1) is 17.3 Å². The lowest BCUT2D eigenvalue weighted by Crippen LogP contribution is -2.33. The number of nitrogens with zero attached hydrogens (tertiary/aromatic N) is 7. The number of hydrogen-bond donors (Lipinski definition) is 1. The lowest BCUT2D eigenvalue weighted by Gasteiger charge is -2.24. The molecule has 0 amide bonds. The molecule has 3 aromatic heterocycles. The fourth-order valence-corrected chi connectivity index (χ4v) is 3.62. The van der Waals surface area contributed by atoms with Crippen molar-refractivity contribution in [1.82, 2.24) is 24.7 Å². The molecule has 0 unspecified atom stereocenters. The van der Waals surface area contributed by atoms with Crippen molar-refractivity contribution in [3.8, 4) is 6.07 Å². The SMILES string of the molecule is CC(C)(C)n1ncc2c(=O)[nH]c(N3CCCN(c4ncccc4C#N)CC3)nc21. The van der Waals surface area contributed by atoms with Crippen molar-refractivity contribution < 1.29 is 0 Å². The minimum atomic E-state index is -0.276. The zero-order valence-electron chi connectivity index (χ0n) is 16.9. The number of aromatic amines is 1. The molecule has 0 saturated carbocycles. The van der Waals surface area contributed by atoms with Gasteiger partial charge in [-0.25, -0.2) is 9.67 Å². The van der Waals surface area contributed by atoms with Crippen molar-refractivity contribution >= 4 is 22.8 Å². The van der Waals surface area contributed by atoms with Crippen LogP contribution in [-0.2, 0) is 5.54 Å². The molecule has 4 rings (SSSR count). The van der Waals surface area contributed by atoms with Crippen molar-refractivity contribution in [3.63, 3.8) is 0 Å². The standard InChI is InChI=1S/C20H24N8O/c1-20(2,3)28-17-15(13-23-28)18(29)25-19(24-17)27-9-5-8-26(10-11-27)16-14(12-21)6-4-7-22-16/h4,6-7,13H,5,8-11H2,1-3H3,(H,24,25,29). The van der Waals surface area contributed by atoms with E-state index in [9.17, 15) is 10.1 Å². The summed E-state index contributed by atoms with van der Waals surface area (Å²) in [6.07, 6.45) is 4.14. The first-order valence-corrected chi connectivity index (χ1v) is 9.72. The fraction of sp³-hybridized carbons (Fsp3) is 0.450. The zero-order chi connectivity index (χ0) is 20.6. The minimum absolute atomic E-state index is 0.182. The van der Waals surface area contributed by atoms with Crippen molar-refractivity contribution in [2.24, 2.45) is 0 Å². The van der Waals surface area contributed by atoms with Gasteiger partial charge in [-0.3, -0.25) is 9.78 Å². The van der Waals surface area contributed by atoms with Gasteiger partial charge in [0, 0.05) is 32.4 Å². The Labute approximate surface area is 168 Å². The normalized spacial score (nSPS) is 15.4. The van der Waals surface area contributed by atoms with Crippen LogP contribution < -0.4 is 15.4 Å². The molecule has 0 aromatic carbocycles. The highest BCUT2D eigenvalue weighted by atomic mass is 16.1. The molecule has 1 fully saturated rings. The Balaban J connectivity index is 1.64. The van der Waals surface area contributed by atoms with Gasteiger partial charge in [0.2, 0.25) is 5.95 Å². The highest BCUT2D eigenvalue weighted by Crippen LogP contribution is 2.22. The highest BCUT2D eigenvalue weighted by molar-refractivity contribution is 5.74. The Bertz CT molecular complexity index is 1130. The summed E-state index contributed by atoms with van der Waals surface area (Å²) >= 11 is 0. The second-order valence-corrected chi connectivity index (χ2v) is 8.17. The molecule has 29 heavy (non-hydrogen) atoms. The zero-order valence-corrected chi connectivity index (χ0v) is 16.9. The Morgan fingerprint density at radius 3 is 2.69 bits per heavy atom. The van der Waals surface area contributed by atoms with Crippen LogP contribution in [0.5, 0.6) is 0 Å². The van der Waals surface area contributed by atoms with Crippen LogP contribution in [0.3, 0.4) is 0 Å². The predicted octanol–water partition coefficient (Wildman–Crippen LogP) is 1.86. The van der Waals surface area contributed by atoms with Crippen LogP contribution >= 0.6 is 0 Å². The summed E-state index contributed by atoms with van der Waals surface area (Å²) in [4.78, 5) is 28.9. The largest absolute Gasteiger partial charge is 0.354 e. The van der Waals surface area contributed by atoms with Gasteiger partial charge >= 0.3 is 0 Å². The van der Waals surface area contributed by atoms with E-state index < -0.39 is 0 Å². The molecule has 1 saturated heterocycles. The average molecular weight is 392 g/mol. The van der Waals surface area contributed by atoms with Gasteiger partial charge in [0.1, 0.15) is 17.3 Å². The number of pyridine rings is 1. The summed E-state index contributed by atoms with van der Waals surface area (Å²) in [5.41, 5.74) is 0.706. The van der Waals surface area contributed by atoms with E-state index in [1.54, 1.807) is 29.2 Å². The van der Waals surface area contributed by atoms with E-state index in [1.165, 1.54) is 0 Å². The molecule has 4 heterocycles. The number of hydrogen-bond acceptors (Lipinski definition) is 7. The molecular weight excluding hydrogens is 368 g/mol. The smallest absolute Gasteiger partial charge is 0.263 e. The maximum atomic E-state index is 12.6. The summed E-state index contributed by atoms with van der Waals surface area (Å²) in [6.45, 7) is 8.99. The molecule has 0 bridgehead atoms. The van der Waals surface area contributed by atoms with Crippen LogP contribution in [0.2, 0.25) is 0 Å². The number of anilines is 2. The number of nitrogens with one attached hydrogen (secondary N) is 1. The third-order valence-corrected chi connectivity index (χ3v) is 5.06. The molecule has 0 spiro atoms. The van der Waals surface area contributed by atoms with Crippen LogP contribution in [0.1, 0.15) is 32.8 Å². The van der Waals surface area contributed by atoms with Crippen molar-refractivity contribution in [3.05, 3.63) is 40.4 Å². The molecule has 0 radical (unpaired) electrons. The summed E-state index contributed by atoms with van der Waals surface area (Å²) in [7, 11) is 0. The Morgan fingerprint density at radius 2 is 1.93 bits per heavy atom. The van der Waals surface area contributed by atoms with Gasteiger partial charge in [0.15, 0.2) is 5.65 Å². The van der Waals surface area contributed by atoms with Crippen LogP contribution in [0.25, 0.3) is 11.0 Å². The van der Waals surface area contributed by atoms with Gasteiger partial charge in [0.25, 0.3) is 5.56 Å². The van der Waals surface area contributed by atoms with E-state index in [2.05, 4.69) is 30.9 Å². The van der Waals surface area contributed by atoms with E-state index in [4.69, 9.17) is 4.98 Å². The van der Waals surface area contributed by atoms with Gasteiger partial charge < -0.3 is 9.80 Å². The molecule has 150 valence electrons. The molecule has 0 atom stereocenters. The van der Waals surface area contributed by atoms with E-state index in [0.717, 1.165) is 19.5 Å². The monoisotopic (exact) mass is 392 g/mol. The van der Waals surface area contributed by atoms with Gasteiger partial charge in [-0.15, -0.1) is 0 Å². The summed E-state index contributed by atoms with van der Waals surface area (Å²) in [6, 6.07) is 5.77. The predicted molar refractivity (Wildman–Crippen MR) is 111 cm³/mol. The van der Waals surface area contributed by atoms with Crippen molar-refractivity contribution in [2.45, 2.75) is 32.7 Å².